The van der Waals surface area contributed by atoms with Crippen LogP contribution >= 0.6 is 11.3 Å². The van der Waals surface area contributed by atoms with Gasteiger partial charge in [0.05, 0.1) is 0 Å². The van der Waals surface area contributed by atoms with Gasteiger partial charge in [-0.05, 0) is 27.8 Å². The Morgan fingerprint density at radius 2 is 1.93 bits per heavy atom. The van der Waals surface area contributed by atoms with E-state index in [9.17, 15) is 0 Å². The lowest BCUT2D eigenvalue weighted by Crippen LogP contribution is -2.26. The predicted octanol–water partition coefficient (Wildman–Crippen LogP) is 3.95. The Balaban J connectivity index is 2.56. The number of nitrogens with two attached hydrogens (primary N) is 1. The summed E-state index contributed by atoms with van der Waals surface area (Å²) in [6, 6.07) is 8.63. The van der Waals surface area contributed by atoms with Gasteiger partial charge in [0.1, 0.15) is 0 Å². The zero-order valence-electron chi connectivity index (χ0n) is 9.45. The molecule has 2 heteroatoms. The molecule has 1 unspecified atom stereocenters. The van der Waals surface area contributed by atoms with E-state index in [0.717, 1.165) is 0 Å². The molecule has 15 heavy (non-hydrogen) atoms. The molecule has 1 aromatic heterocycles. The third-order valence-electron chi connectivity index (χ3n) is 2.78. The largest absolute Gasteiger partial charge is 0.323 e. The van der Waals surface area contributed by atoms with Crippen molar-refractivity contribution in [2.24, 2.45) is 11.1 Å². The van der Waals surface area contributed by atoms with Gasteiger partial charge in [0.25, 0.3) is 0 Å². The van der Waals surface area contributed by atoms with Gasteiger partial charge in [-0.1, -0.05) is 39.0 Å². The zero-order valence-corrected chi connectivity index (χ0v) is 10.3. The van der Waals surface area contributed by atoms with E-state index in [1.54, 1.807) is 11.3 Å². The zero-order chi connectivity index (χ0) is 11.1. The summed E-state index contributed by atoms with van der Waals surface area (Å²) in [6.07, 6.45) is 0. The molecular formula is C13H17NS. The number of thiophene rings is 1. The maximum absolute atomic E-state index is 6.30. The topological polar surface area (TPSA) is 26.0 Å². The van der Waals surface area contributed by atoms with Crippen molar-refractivity contribution in [1.82, 2.24) is 0 Å². The monoisotopic (exact) mass is 219 g/mol. The van der Waals surface area contributed by atoms with Crippen molar-refractivity contribution < 1.29 is 0 Å². The molecule has 2 rings (SSSR count). The van der Waals surface area contributed by atoms with E-state index in [4.69, 9.17) is 5.73 Å². The number of hydrogen-bond acceptors (Lipinski definition) is 2. The molecule has 1 heterocycles. The van der Waals surface area contributed by atoms with E-state index < -0.39 is 0 Å². The maximum atomic E-state index is 6.30. The van der Waals surface area contributed by atoms with Crippen molar-refractivity contribution in [3.8, 4) is 0 Å². The Kier molecular flexibility index (Phi) is 2.57. The molecule has 1 atom stereocenters. The molecular weight excluding hydrogens is 202 g/mol. The van der Waals surface area contributed by atoms with Gasteiger partial charge >= 0.3 is 0 Å². The van der Waals surface area contributed by atoms with Crippen molar-refractivity contribution in [3.63, 3.8) is 0 Å². The third-order valence-corrected chi connectivity index (χ3v) is 3.76. The van der Waals surface area contributed by atoms with Crippen LogP contribution in [0, 0.1) is 5.41 Å². The van der Waals surface area contributed by atoms with Crippen molar-refractivity contribution in [1.29, 1.82) is 0 Å². The minimum atomic E-state index is 0.0971. The summed E-state index contributed by atoms with van der Waals surface area (Å²) in [5.41, 5.74) is 7.69. The lowest BCUT2D eigenvalue weighted by atomic mass is 9.83. The van der Waals surface area contributed by atoms with E-state index in [0.29, 0.717) is 0 Å². The molecule has 0 bridgehead atoms. The van der Waals surface area contributed by atoms with Crippen molar-refractivity contribution >= 4 is 21.4 Å². The fourth-order valence-corrected chi connectivity index (χ4v) is 2.68. The summed E-state index contributed by atoms with van der Waals surface area (Å²) in [4.78, 5) is 0. The minimum absolute atomic E-state index is 0.0971. The molecule has 0 saturated heterocycles. The number of rotatable bonds is 1. The number of fused-ring (bicyclic) bond motifs is 1. The van der Waals surface area contributed by atoms with Gasteiger partial charge in [-0.15, -0.1) is 11.3 Å². The molecule has 0 fully saturated rings. The highest BCUT2D eigenvalue weighted by molar-refractivity contribution is 7.17. The van der Waals surface area contributed by atoms with Crippen LogP contribution in [0.25, 0.3) is 10.1 Å². The first-order valence-electron chi connectivity index (χ1n) is 5.22. The molecule has 1 nitrogen and oxygen atoms in total. The Labute approximate surface area is 94.9 Å². The first kappa shape index (κ1) is 10.7. The second-order valence-electron chi connectivity index (χ2n) is 5.03. The van der Waals surface area contributed by atoms with Gasteiger partial charge in [0.2, 0.25) is 0 Å². The molecule has 0 aliphatic carbocycles. The number of hydrogen-bond donors (Lipinski definition) is 1. The predicted molar refractivity (Wildman–Crippen MR) is 68.2 cm³/mol. The lowest BCUT2D eigenvalue weighted by molar-refractivity contribution is 0.329. The summed E-state index contributed by atoms with van der Waals surface area (Å²) in [7, 11) is 0. The number of benzene rings is 1. The van der Waals surface area contributed by atoms with Gasteiger partial charge < -0.3 is 5.73 Å². The average molecular weight is 219 g/mol. The first-order valence-corrected chi connectivity index (χ1v) is 6.10. The van der Waals surface area contributed by atoms with Gasteiger partial charge in [-0.2, -0.15) is 0 Å². The van der Waals surface area contributed by atoms with Crippen LogP contribution in [0.1, 0.15) is 32.4 Å². The second-order valence-corrected chi connectivity index (χ2v) is 5.95. The Bertz CT molecular complexity index is 465. The third kappa shape index (κ3) is 1.92. The smallest absolute Gasteiger partial charge is 0.0390 e. The Morgan fingerprint density at radius 1 is 1.20 bits per heavy atom. The highest BCUT2D eigenvalue weighted by Crippen LogP contribution is 2.36. The van der Waals surface area contributed by atoms with Gasteiger partial charge in [0, 0.05) is 10.7 Å². The molecule has 2 aromatic rings. The summed E-state index contributed by atoms with van der Waals surface area (Å²) >= 11 is 1.78. The normalized spacial score (nSPS) is 14.4. The molecule has 0 amide bonds. The average Bonchev–Trinajstić information content (AvgIpc) is 2.62. The van der Waals surface area contributed by atoms with Crippen LogP contribution in [0.15, 0.2) is 29.6 Å². The molecule has 80 valence electrons. The van der Waals surface area contributed by atoms with E-state index in [1.807, 2.05) is 0 Å². The molecule has 1 aromatic carbocycles. The first-order chi connectivity index (χ1) is 7.00. The quantitative estimate of drug-likeness (QED) is 0.772. The SMILES string of the molecule is CC(C)(C)C(N)c1cccc2ccsc12. The van der Waals surface area contributed by atoms with E-state index in [-0.39, 0.29) is 11.5 Å². The standard InChI is InChI=1S/C13H17NS/c1-13(2,3)12(14)10-6-4-5-9-7-8-15-11(9)10/h4-8,12H,14H2,1-3H3. The van der Waals surface area contributed by atoms with Gasteiger partial charge in [0.15, 0.2) is 0 Å². The summed E-state index contributed by atoms with van der Waals surface area (Å²) in [5.74, 6) is 0. The van der Waals surface area contributed by atoms with Crippen LogP contribution in [0.4, 0.5) is 0 Å². The van der Waals surface area contributed by atoms with Crippen LogP contribution < -0.4 is 5.73 Å². The molecule has 0 saturated carbocycles. The highest BCUT2D eigenvalue weighted by Gasteiger charge is 2.23. The van der Waals surface area contributed by atoms with Crippen LogP contribution in [0.5, 0.6) is 0 Å². The summed E-state index contributed by atoms with van der Waals surface area (Å²) < 4.78 is 1.33. The highest BCUT2D eigenvalue weighted by atomic mass is 32.1. The van der Waals surface area contributed by atoms with Gasteiger partial charge in [-0.25, -0.2) is 0 Å². The molecule has 0 spiro atoms. The second kappa shape index (κ2) is 3.62. The molecule has 2 N–H and O–H groups in total. The van der Waals surface area contributed by atoms with Crippen LogP contribution in [0.2, 0.25) is 0 Å². The van der Waals surface area contributed by atoms with Crippen LogP contribution in [-0.2, 0) is 0 Å². The fraction of sp³-hybridized carbons (Fsp3) is 0.385. The minimum Gasteiger partial charge on any atom is -0.323 e. The van der Waals surface area contributed by atoms with E-state index in [2.05, 4.69) is 50.4 Å². The van der Waals surface area contributed by atoms with Gasteiger partial charge in [-0.3, -0.25) is 0 Å². The fourth-order valence-electron chi connectivity index (χ4n) is 1.73. The van der Waals surface area contributed by atoms with Crippen LogP contribution in [0.3, 0.4) is 0 Å². The molecule has 0 aliphatic heterocycles. The Hall–Kier alpha value is -0.860. The molecule has 0 radical (unpaired) electrons. The summed E-state index contributed by atoms with van der Waals surface area (Å²) in [5, 5.41) is 3.43. The maximum Gasteiger partial charge on any atom is 0.0390 e. The Morgan fingerprint density at radius 3 is 2.60 bits per heavy atom. The van der Waals surface area contributed by atoms with Crippen molar-refractivity contribution in [2.45, 2.75) is 26.8 Å². The van der Waals surface area contributed by atoms with Crippen molar-refractivity contribution in [3.05, 3.63) is 35.2 Å². The van der Waals surface area contributed by atoms with E-state index >= 15 is 0 Å². The van der Waals surface area contributed by atoms with Crippen molar-refractivity contribution in [2.75, 3.05) is 0 Å². The van der Waals surface area contributed by atoms with Crippen LogP contribution in [-0.4, -0.2) is 0 Å². The lowest BCUT2D eigenvalue weighted by Gasteiger charge is -2.27. The molecule has 0 aliphatic rings. The van der Waals surface area contributed by atoms with E-state index in [1.165, 1.54) is 15.6 Å². The summed E-state index contributed by atoms with van der Waals surface area (Å²) in [6.45, 7) is 6.55.